The fraction of sp³-hybridized carbons (Fsp3) is 0.391. The van der Waals surface area contributed by atoms with Crippen molar-refractivity contribution in [1.29, 1.82) is 0 Å². The summed E-state index contributed by atoms with van der Waals surface area (Å²) in [6.45, 7) is 8.37. The number of amides is 1. The van der Waals surface area contributed by atoms with Gasteiger partial charge in [0.25, 0.3) is 5.91 Å². The SMILES string of the molecule is CCCCOC(=O)c1cccc(NC(=O)C(C)Oc2ccc(C(C)C)cc2)c1. The molecule has 0 aromatic heterocycles. The van der Waals surface area contributed by atoms with E-state index in [0.717, 1.165) is 12.8 Å². The molecular weight excluding hydrogens is 354 g/mol. The first kappa shape index (κ1) is 21.5. The van der Waals surface area contributed by atoms with Crippen LogP contribution in [0.25, 0.3) is 0 Å². The standard InChI is InChI=1S/C23H29NO4/c1-5-6-14-27-23(26)19-8-7-9-20(15-19)24-22(25)17(4)28-21-12-10-18(11-13-21)16(2)3/h7-13,15-17H,5-6,14H2,1-4H3,(H,24,25). The molecule has 2 rings (SSSR count). The maximum Gasteiger partial charge on any atom is 0.338 e. The molecule has 0 aliphatic carbocycles. The summed E-state index contributed by atoms with van der Waals surface area (Å²) >= 11 is 0. The van der Waals surface area contributed by atoms with Crippen molar-refractivity contribution in [2.45, 2.75) is 52.6 Å². The number of hydrogen-bond donors (Lipinski definition) is 1. The van der Waals surface area contributed by atoms with E-state index >= 15 is 0 Å². The molecule has 0 aliphatic rings. The molecule has 1 unspecified atom stereocenters. The highest BCUT2D eigenvalue weighted by Crippen LogP contribution is 2.20. The predicted octanol–water partition coefficient (Wildman–Crippen LogP) is 5.17. The molecule has 1 atom stereocenters. The van der Waals surface area contributed by atoms with Gasteiger partial charge in [0.15, 0.2) is 6.10 Å². The van der Waals surface area contributed by atoms with Crippen LogP contribution in [0.2, 0.25) is 0 Å². The van der Waals surface area contributed by atoms with E-state index in [1.165, 1.54) is 5.56 Å². The summed E-state index contributed by atoms with van der Waals surface area (Å²) in [5, 5.41) is 2.78. The van der Waals surface area contributed by atoms with E-state index in [1.807, 2.05) is 31.2 Å². The molecular formula is C23H29NO4. The molecule has 5 heteroatoms. The Labute approximate surface area is 167 Å². The number of carbonyl (C=O) groups excluding carboxylic acids is 2. The molecule has 28 heavy (non-hydrogen) atoms. The van der Waals surface area contributed by atoms with Crippen molar-refractivity contribution in [1.82, 2.24) is 0 Å². The van der Waals surface area contributed by atoms with E-state index in [4.69, 9.17) is 9.47 Å². The zero-order valence-electron chi connectivity index (χ0n) is 17.0. The minimum Gasteiger partial charge on any atom is -0.481 e. The fourth-order valence-corrected chi connectivity index (χ4v) is 2.55. The van der Waals surface area contributed by atoms with Crippen LogP contribution in [0.4, 0.5) is 5.69 Å². The number of carbonyl (C=O) groups is 2. The summed E-state index contributed by atoms with van der Waals surface area (Å²) in [7, 11) is 0. The maximum atomic E-state index is 12.4. The third-order valence-corrected chi connectivity index (χ3v) is 4.33. The number of ether oxygens (including phenoxy) is 2. The first-order chi connectivity index (χ1) is 13.4. The number of nitrogens with one attached hydrogen (secondary N) is 1. The topological polar surface area (TPSA) is 64.6 Å². The molecule has 0 fully saturated rings. The average Bonchev–Trinajstić information content (AvgIpc) is 2.68. The van der Waals surface area contributed by atoms with Crippen LogP contribution in [0.3, 0.4) is 0 Å². The molecule has 0 heterocycles. The van der Waals surface area contributed by atoms with E-state index < -0.39 is 6.10 Å². The molecule has 2 aromatic rings. The molecule has 0 saturated carbocycles. The van der Waals surface area contributed by atoms with Gasteiger partial charge in [-0.1, -0.05) is 45.4 Å². The Hall–Kier alpha value is -2.82. The normalized spacial score (nSPS) is 11.8. The van der Waals surface area contributed by atoms with Crippen molar-refractivity contribution >= 4 is 17.6 Å². The molecule has 0 saturated heterocycles. The number of unbranched alkanes of at least 4 members (excludes halogenated alkanes) is 1. The lowest BCUT2D eigenvalue weighted by molar-refractivity contribution is -0.122. The van der Waals surface area contributed by atoms with Gasteiger partial charge < -0.3 is 14.8 Å². The number of rotatable bonds is 9. The highest BCUT2D eigenvalue weighted by atomic mass is 16.5. The molecule has 5 nitrogen and oxygen atoms in total. The lowest BCUT2D eigenvalue weighted by Gasteiger charge is -2.16. The highest BCUT2D eigenvalue weighted by molar-refractivity contribution is 5.96. The second kappa shape index (κ2) is 10.5. The minimum absolute atomic E-state index is 0.288. The Morgan fingerprint density at radius 3 is 2.39 bits per heavy atom. The van der Waals surface area contributed by atoms with Crippen molar-refractivity contribution in [3.63, 3.8) is 0 Å². The summed E-state index contributed by atoms with van der Waals surface area (Å²) < 4.78 is 10.9. The summed E-state index contributed by atoms with van der Waals surface area (Å²) in [5.74, 6) is 0.402. The monoisotopic (exact) mass is 383 g/mol. The van der Waals surface area contributed by atoms with Gasteiger partial charge >= 0.3 is 5.97 Å². The summed E-state index contributed by atoms with van der Waals surface area (Å²) in [4.78, 5) is 24.5. The second-order valence-corrected chi connectivity index (χ2v) is 7.04. The first-order valence-electron chi connectivity index (χ1n) is 9.75. The van der Waals surface area contributed by atoms with Crippen molar-refractivity contribution in [2.75, 3.05) is 11.9 Å². The molecule has 0 aliphatic heterocycles. The van der Waals surface area contributed by atoms with Gasteiger partial charge in [-0.25, -0.2) is 4.79 Å². The van der Waals surface area contributed by atoms with Crippen LogP contribution in [0.5, 0.6) is 5.75 Å². The summed E-state index contributed by atoms with van der Waals surface area (Å²) in [6, 6.07) is 14.4. The quantitative estimate of drug-likeness (QED) is 0.479. The van der Waals surface area contributed by atoms with Gasteiger partial charge in [0, 0.05) is 5.69 Å². The summed E-state index contributed by atoms with van der Waals surface area (Å²) in [5.41, 5.74) is 2.15. The van der Waals surface area contributed by atoms with E-state index in [1.54, 1.807) is 31.2 Å². The van der Waals surface area contributed by atoms with E-state index in [2.05, 4.69) is 19.2 Å². The van der Waals surface area contributed by atoms with Crippen LogP contribution in [0.15, 0.2) is 48.5 Å². The molecule has 2 aromatic carbocycles. The molecule has 1 N–H and O–H groups in total. The lowest BCUT2D eigenvalue weighted by Crippen LogP contribution is -2.30. The van der Waals surface area contributed by atoms with Gasteiger partial charge in [-0.15, -0.1) is 0 Å². The van der Waals surface area contributed by atoms with E-state index in [9.17, 15) is 9.59 Å². The largest absolute Gasteiger partial charge is 0.481 e. The van der Waals surface area contributed by atoms with Crippen LogP contribution in [-0.2, 0) is 9.53 Å². The Balaban J connectivity index is 1.94. The van der Waals surface area contributed by atoms with Crippen molar-refractivity contribution < 1.29 is 19.1 Å². The van der Waals surface area contributed by atoms with Crippen LogP contribution < -0.4 is 10.1 Å². The Bertz CT molecular complexity index is 783. The van der Waals surface area contributed by atoms with Crippen LogP contribution >= 0.6 is 0 Å². The van der Waals surface area contributed by atoms with Crippen molar-refractivity contribution in [3.05, 3.63) is 59.7 Å². The number of anilines is 1. The molecule has 150 valence electrons. The minimum atomic E-state index is -0.676. The zero-order chi connectivity index (χ0) is 20.5. The Kier molecular flexibility index (Phi) is 8.05. The maximum absolute atomic E-state index is 12.4. The lowest BCUT2D eigenvalue weighted by atomic mass is 10.0. The van der Waals surface area contributed by atoms with Crippen LogP contribution in [0, 0.1) is 0 Å². The molecule has 1 amide bonds. The number of esters is 1. The van der Waals surface area contributed by atoms with Gasteiger partial charge in [-0.05, 0) is 55.2 Å². The van der Waals surface area contributed by atoms with Gasteiger partial charge in [-0.3, -0.25) is 4.79 Å². The third-order valence-electron chi connectivity index (χ3n) is 4.33. The van der Waals surface area contributed by atoms with E-state index in [-0.39, 0.29) is 11.9 Å². The van der Waals surface area contributed by atoms with Crippen LogP contribution in [0.1, 0.15) is 62.4 Å². The zero-order valence-corrected chi connectivity index (χ0v) is 17.0. The van der Waals surface area contributed by atoms with Gasteiger partial charge in [0.2, 0.25) is 0 Å². The average molecular weight is 383 g/mol. The first-order valence-corrected chi connectivity index (χ1v) is 9.75. The molecule has 0 radical (unpaired) electrons. The fourth-order valence-electron chi connectivity index (χ4n) is 2.55. The Morgan fingerprint density at radius 2 is 1.75 bits per heavy atom. The highest BCUT2D eigenvalue weighted by Gasteiger charge is 2.16. The predicted molar refractivity (Wildman–Crippen MR) is 111 cm³/mol. The second-order valence-electron chi connectivity index (χ2n) is 7.04. The van der Waals surface area contributed by atoms with Gasteiger partial charge in [0.1, 0.15) is 5.75 Å². The number of hydrogen-bond acceptors (Lipinski definition) is 4. The Morgan fingerprint density at radius 1 is 1.04 bits per heavy atom. The van der Waals surface area contributed by atoms with Gasteiger partial charge in [0.05, 0.1) is 12.2 Å². The van der Waals surface area contributed by atoms with Gasteiger partial charge in [-0.2, -0.15) is 0 Å². The third kappa shape index (κ3) is 6.41. The smallest absolute Gasteiger partial charge is 0.338 e. The molecule has 0 bridgehead atoms. The van der Waals surface area contributed by atoms with Crippen molar-refractivity contribution in [2.24, 2.45) is 0 Å². The number of benzene rings is 2. The van der Waals surface area contributed by atoms with E-state index in [0.29, 0.717) is 29.5 Å². The molecule has 0 spiro atoms. The summed E-state index contributed by atoms with van der Waals surface area (Å²) in [6.07, 6.45) is 1.11. The van der Waals surface area contributed by atoms with Crippen molar-refractivity contribution in [3.8, 4) is 5.75 Å². The van der Waals surface area contributed by atoms with Crippen LogP contribution in [-0.4, -0.2) is 24.6 Å².